The van der Waals surface area contributed by atoms with Gasteiger partial charge in [0.05, 0.1) is 17.4 Å². The third kappa shape index (κ3) is 5.37. The summed E-state index contributed by atoms with van der Waals surface area (Å²) < 4.78 is 26.0. The number of rotatable bonds is 7. The van der Waals surface area contributed by atoms with Crippen molar-refractivity contribution in [1.29, 1.82) is 0 Å². The number of carbonyl (C=O) groups is 1. The lowest BCUT2D eigenvalue weighted by Crippen LogP contribution is -2.26. The highest BCUT2D eigenvalue weighted by atomic mass is 32.2. The molecule has 0 saturated carbocycles. The second-order valence-electron chi connectivity index (χ2n) is 4.25. The molecule has 0 radical (unpaired) electrons. The first-order valence-electron chi connectivity index (χ1n) is 5.80. The average molecular weight is 287 g/mol. The van der Waals surface area contributed by atoms with Gasteiger partial charge in [-0.1, -0.05) is 12.1 Å². The molecule has 6 nitrogen and oxygen atoms in total. The van der Waals surface area contributed by atoms with Crippen molar-refractivity contribution in [2.24, 2.45) is 0 Å². The summed E-state index contributed by atoms with van der Waals surface area (Å²) in [5.41, 5.74) is 0.537. The van der Waals surface area contributed by atoms with Crippen LogP contribution in [0, 0.1) is 0 Å². The van der Waals surface area contributed by atoms with E-state index in [-0.39, 0.29) is 17.9 Å². The van der Waals surface area contributed by atoms with Gasteiger partial charge in [-0.15, -0.1) is 0 Å². The molecule has 0 saturated heterocycles. The van der Waals surface area contributed by atoms with E-state index in [0.29, 0.717) is 12.0 Å². The van der Waals surface area contributed by atoms with Crippen molar-refractivity contribution in [3.05, 3.63) is 29.8 Å². The minimum atomic E-state index is -3.61. The molecule has 19 heavy (non-hydrogen) atoms. The molecule has 1 unspecified atom stereocenters. The second-order valence-corrected chi connectivity index (χ2v) is 6.02. The number of aliphatic carboxylic acids is 1. The van der Waals surface area contributed by atoms with Crippen molar-refractivity contribution in [3.63, 3.8) is 0 Å². The topological polar surface area (TPSA) is 104 Å². The van der Waals surface area contributed by atoms with Gasteiger partial charge in [-0.25, -0.2) is 13.1 Å². The fraction of sp³-hybridized carbons (Fsp3) is 0.417. The van der Waals surface area contributed by atoms with E-state index in [0.717, 1.165) is 0 Å². The van der Waals surface area contributed by atoms with Crippen LogP contribution in [0.25, 0.3) is 0 Å². The Morgan fingerprint density at radius 2 is 1.89 bits per heavy atom. The van der Waals surface area contributed by atoms with Gasteiger partial charge >= 0.3 is 5.97 Å². The van der Waals surface area contributed by atoms with Gasteiger partial charge in [0, 0.05) is 6.54 Å². The molecule has 0 amide bonds. The first-order valence-corrected chi connectivity index (χ1v) is 7.28. The average Bonchev–Trinajstić information content (AvgIpc) is 2.28. The van der Waals surface area contributed by atoms with Crippen molar-refractivity contribution >= 4 is 16.0 Å². The maximum absolute atomic E-state index is 11.8. The first kappa shape index (κ1) is 15.6. The molecular weight excluding hydrogens is 270 g/mol. The van der Waals surface area contributed by atoms with Gasteiger partial charge in [-0.2, -0.15) is 0 Å². The molecule has 106 valence electrons. The summed E-state index contributed by atoms with van der Waals surface area (Å²) in [6.45, 7) is 1.73. The first-order chi connectivity index (χ1) is 8.81. The molecule has 0 aliphatic heterocycles. The number of aliphatic hydroxyl groups is 1. The van der Waals surface area contributed by atoms with E-state index in [1.165, 1.54) is 24.3 Å². The lowest BCUT2D eigenvalue weighted by Gasteiger charge is -2.08. The molecule has 1 aromatic carbocycles. The third-order valence-electron chi connectivity index (χ3n) is 2.44. The van der Waals surface area contributed by atoms with Crippen LogP contribution in [0.15, 0.2) is 29.2 Å². The summed E-state index contributed by atoms with van der Waals surface area (Å²) in [6.07, 6.45) is -0.382. The molecule has 0 aromatic heterocycles. The zero-order chi connectivity index (χ0) is 14.5. The zero-order valence-electron chi connectivity index (χ0n) is 10.5. The summed E-state index contributed by atoms with van der Waals surface area (Å²) in [5.74, 6) is -0.967. The fourth-order valence-corrected chi connectivity index (χ4v) is 2.49. The minimum absolute atomic E-state index is 0.0761. The van der Waals surface area contributed by atoms with E-state index in [1.807, 2.05) is 0 Å². The molecule has 0 bridgehead atoms. The summed E-state index contributed by atoms with van der Waals surface area (Å²) in [6, 6.07) is 5.67. The molecule has 0 aliphatic rings. The Hall–Kier alpha value is -1.44. The van der Waals surface area contributed by atoms with E-state index in [4.69, 9.17) is 10.2 Å². The molecule has 0 spiro atoms. The van der Waals surface area contributed by atoms with Gasteiger partial charge in [0.2, 0.25) is 10.0 Å². The van der Waals surface area contributed by atoms with Crippen LogP contribution in [-0.2, 0) is 21.2 Å². The van der Waals surface area contributed by atoms with Gasteiger partial charge in [0.15, 0.2) is 0 Å². The van der Waals surface area contributed by atoms with E-state index >= 15 is 0 Å². The van der Waals surface area contributed by atoms with Gasteiger partial charge in [0.1, 0.15) is 0 Å². The normalized spacial score (nSPS) is 13.2. The Balaban J connectivity index is 2.70. The third-order valence-corrected chi connectivity index (χ3v) is 3.92. The standard InChI is InChI=1S/C12H17NO5S/c1-9(14)6-7-13-19(17,18)11-4-2-10(3-5-11)8-12(15)16/h2-5,9,13-14H,6-8H2,1H3,(H,15,16). The summed E-state index contributed by atoms with van der Waals surface area (Å²) in [7, 11) is -3.61. The van der Waals surface area contributed by atoms with Crippen LogP contribution in [0.2, 0.25) is 0 Å². The largest absolute Gasteiger partial charge is 0.481 e. The quantitative estimate of drug-likeness (QED) is 0.672. The second kappa shape index (κ2) is 6.65. The van der Waals surface area contributed by atoms with Crippen molar-refractivity contribution in [2.45, 2.75) is 30.8 Å². The van der Waals surface area contributed by atoms with Crippen molar-refractivity contribution in [3.8, 4) is 0 Å². The summed E-state index contributed by atoms with van der Waals surface area (Å²) in [4.78, 5) is 10.6. The monoisotopic (exact) mass is 287 g/mol. The maximum atomic E-state index is 11.8. The molecule has 0 aliphatic carbocycles. The number of carboxylic acid groups (broad SMARTS) is 1. The maximum Gasteiger partial charge on any atom is 0.307 e. The van der Waals surface area contributed by atoms with Gasteiger partial charge in [-0.05, 0) is 31.0 Å². The number of nitrogens with one attached hydrogen (secondary N) is 1. The fourth-order valence-electron chi connectivity index (χ4n) is 1.45. The van der Waals surface area contributed by atoms with Crippen molar-refractivity contribution in [2.75, 3.05) is 6.54 Å². The van der Waals surface area contributed by atoms with Gasteiger partial charge in [-0.3, -0.25) is 4.79 Å². The van der Waals surface area contributed by atoms with Gasteiger partial charge in [0.25, 0.3) is 0 Å². The number of hydrogen-bond donors (Lipinski definition) is 3. The summed E-state index contributed by atoms with van der Waals surface area (Å²) >= 11 is 0. The molecule has 1 atom stereocenters. The Kier molecular flexibility index (Phi) is 5.46. The molecule has 0 heterocycles. The lowest BCUT2D eigenvalue weighted by atomic mass is 10.2. The predicted octanol–water partition coefficient (Wildman–Crippen LogP) is 0.363. The Labute approximate surface area is 112 Å². The van der Waals surface area contributed by atoms with Crippen LogP contribution in [0.3, 0.4) is 0 Å². The highest BCUT2D eigenvalue weighted by Crippen LogP contribution is 2.11. The molecule has 7 heteroatoms. The van der Waals surface area contributed by atoms with Gasteiger partial charge < -0.3 is 10.2 Å². The van der Waals surface area contributed by atoms with E-state index in [9.17, 15) is 13.2 Å². The highest BCUT2D eigenvalue weighted by molar-refractivity contribution is 7.89. The van der Waals surface area contributed by atoms with Crippen LogP contribution in [-0.4, -0.2) is 37.2 Å². The Morgan fingerprint density at radius 3 is 2.37 bits per heavy atom. The van der Waals surface area contributed by atoms with E-state index < -0.39 is 22.1 Å². The predicted molar refractivity (Wildman–Crippen MR) is 69.3 cm³/mol. The van der Waals surface area contributed by atoms with Crippen molar-refractivity contribution in [1.82, 2.24) is 4.72 Å². The van der Waals surface area contributed by atoms with Crippen LogP contribution in [0.1, 0.15) is 18.9 Å². The molecule has 1 aromatic rings. The number of carboxylic acids is 1. The number of benzene rings is 1. The Bertz CT molecular complexity index is 522. The molecule has 0 fully saturated rings. The number of sulfonamides is 1. The molecule has 1 rings (SSSR count). The Morgan fingerprint density at radius 1 is 1.32 bits per heavy atom. The minimum Gasteiger partial charge on any atom is -0.481 e. The van der Waals surface area contributed by atoms with Crippen LogP contribution >= 0.6 is 0 Å². The number of hydrogen-bond acceptors (Lipinski definition) is 4. The van der Waals surface area contributed by atoms with E-state index in [2.05, 4.69) is 4.72 Å². The zero-order valence-corrected chi connectivity index (χ0v) is 11.4. The van der Waals surface area contributed by atoms with E-state index in [1.54, 1.807) is 6.92 Å². The lowest BCUT2D eigenvalue weighted by molar-refractivity contribution is -0.136. The SMILES string of the molecule is CC(O)CCNS(=O)(=O)c1ccc(CC(=O)O)cc1. The number of aliphatic hydroxyl groups excluding tert-OH is 1. The highest BCUT2D eigenvalue weighted by Gasteiger charge is 2.13. The molecule has 3 N–H and O–H groups in total. The van der Waals surface area contributed by atoms with Crippen LogP contribution < -0.4 is 4.72 Å². The summed E-state index contributed by atoms with van der Waals surface area (Å²) in [5, 5.41) is 17.7. The van der Waals surface area contributed by atoms with Crippen LogP contribution in [0.4, 0.5) is 0 Å². The van der Waals surface area contributed by atoms with Crippen molar-refractivity contribution < 1.29 is 23.4 Å². The van der Waals surface area contributed by atoms with Crippen LogP contribution in [0.5, 0.6) is 0 Å². The smallest absolute Gasteiger partial charge is 0.307 e. The molecular formula is C12H17NO5S.